The molecule has 1 unspecified atom stereocenters. The summed E-state index contributed by atoms with van der Waals surface area (Å²) in [5.74, 6) is 0.445. The highest BCUT2D eigenvalue weighted by Gasteiger charge is 2.12. The van der Waals surface area contributed by atoms with Crippen molar-refractivity contribution in [3.8, 4) is 0 Å². The summed E-state index contributed by atoms with van der Waals surface area (Å²) in [4.78, 5) is 16.4. The number of aliphatic hydroxyl groups excluding tert-OH is 2. The van der Waals surface area contributed by atoms with Gasteiger partial charge in [-0.05, 0) is 39.2 Å². The van der Waals surface area contributed by atoms with Gasteiger partial charge in [0, 0.05) is 25.1 Å². The zero-order valence-corrected chi connectivity index (χ0v) is 14.1. The molecule has 0 bridgehead atoms. The lowest BCUT2D eigenvalue weighted by Crippen LogP contribution is -2.31. The number of aryl methyl sites for hydroxylation is 2. The topological polar surface area (TPSA) is 112 Å². The van der Waals surface area contributed by atoms with Gasteiger partial charge in [-0.15, -0.1) is 0 Å². The van der Waals surface area contributed by atoms with E-state index in [1.54, 1.807) is 19.2 Å². The highest BCUT2D eigenvalue weighted by Crippen LogP contribution is 2.22. The monoisotopic (exact) mass is 335 g/mol. The van der Waals surface area contributed by atoms with Crippen LogP contribution < -0.4 is 10.6 Å². The fourth-order valence-electron chi connectivity index (χ4n) is 2.48. The standard InChI is InChI=1S/C16H25N5O3/c1-3-21-15-12(10-18-21)9-14(19-13(15)5-4-8-22)20-16(24)17-7-6-11(2)23/h9-11,22-23H,3-8H2,1-2H3,(H2,17,19,20,24). The van der Waals surface area contributed by atoms with Gasteiger partial charge in [-0.2, -0.15) is 5.10 Å². The highest BCUT2D eigenvalue weighted by atomic mass is 16.3. The molecule has 0 aliphatic rings. The number of urea groups is 1. The predicted octanol–water partition coefficient (Wildman–Crippen LogP) is 1.27. The van der Waals surface area contributed by atoms with E-state index in [2.05, 4.69) is 20.7 Å². The summed E-state index contributed by atoms with van der Waals surface area (Å²) in [7, 11) is 0. The van der Waals surface area contributed by atoms with Crippen molar-refractivity contribution in [2.75, 3.05) is 18.5 Å². The van der Waals surface area contributed by atoms with Crippen LogP contribution in [0.1, 0.15) is 32.4 Å². The molecule has 0 saturated carbocycles. The Bertz CT molecular complexity index is 684. The van der Waals surface area contributed by atoms with Crippen molar-refractivity contribution in [1.29, 1.82) is 0 Å². The Hall–Kier alpha value is -2.19. The Morgan fingerprint density at radius 1 is 1.46 bits per heavy atom. The Morgan fingerprint density at radius 2 is 2.25 bits per heavy atom. The van der Waals surface area contributed by atoms with E-state index in [0.29, 0.717) is 31.6 Å². The second-order valence-corrected chi connectivity index (χ2v) is 5.70. The van der Waals surface area contributed by atoms with Gasteiger partial charge in [0.15, 0.2) is 0 Å². The molecular formula is C16H25N5O3. The first-order valence-electron chi connectivity index (χ1n) is 8.24. The van der Waals surface area contributed by atoms with E-state index in [1.807, 2.05) is 11.6 Å². The average molecular weight is 335 g/mol. The zero-order valence-electron chi connectivity index (χ0n) is 14.1. The molecule has 0 fully saturated rings. The third-order valence-corrected chi connectivity index (χ3v) is 3.65. The lowest BCUT2D eigenvalue weighted by atomic mass is 10.1. The molecular weight excluding hydrogens is 310 g/mol. The molecule has 8 nitrogen and oxygen atoms in total. The van der Waals surface area contributed by atoms with E-state index in [-0.39, 0.29) is 12.6 Å². The number of pyridine rings is 1. The van der Waals surface area contributed by atoms with Gasteiger partial charge >= 0.3 is 6.03 Å². The Kier molecular flexibility index (Phi) is 6.51. The highest BCUT2D eigenvalue weighted by molar-refractivity contribution is 5.91. The maximum atomic E-state index is 11.9. The summed E-state index contributed by atoms with van der Waals surface area (Å²) in [6, 6.07) is 1.42. The summed E-state index contributed by atoms with van der Waals surface area (Å²) >= 11 is 0. The molecule has 0 radical (unpaired) electrons. The van der Waals surface area contributed by atoms with Gasteiger partial charge in [0.1, 0.15) is 5.82 Å². The number of carbonyl (C=O) groups excluding carboxylic acids is 1. The molecule has 2 aromatic rings. The molecule has 2 heterocycles. The number of hydrogen-bond acceptors (Lipinski definition) is 5. The van der Waals surface area contributed by atoms with Crippen LogP contribution in [0.4, 0.5) is 10.6 Å². The number of hydrogen-bond donors (Lipinski definition) is 4. The van der Waals surface area contributed by atoms with Crippen LogP contribution in [-0.2, 0) is 13.0 Å². The van der Waals surface area contributed by atoms with Gasteiger partial charge in [0.05, 0.1) is 23.5 Å². The number of amides is 2. The minimum absolute atomic E-state index is 0.0842. The zero-order chi connectivity index (χ0) is 17.5. The summed E-state index contributed by atoms with van der Waals surface area (Å²) in [6.07, 6.45) is 2.99. The van der Waals surface area contributed by atoms with E-state index in [9.17, 15) is 9.90 Å². The SMILES string of the molecule is CCn1ncc2cc(NC(=O)NCCC(C)O)nc(CCCO)c21. The van der Waals surface area contributed by atoms with Crippen molar-refractivity contribution in [3.05, 3.63) is 18.0 Å². The first-order chi connectivity index (χ1) is 11.5. The number of rotatable bonds is 8. The fourth-order valence-corrected chi connectivity index (χ4v) is 2.48. The van der Waals surface area contributed by atoms with Crippen LogP contribution in [0.15, 0.2) is 12.3 Å². The van der Waals surface area contributed by atoms with Crippen LogP contribution in [-0.4, -0.2) is 50.3 Å². The second-order valence-electron chi connectivity index (χ2n) is 5.70. The normalized spacial score (nSPS) is 12.3. The van der Waals surface area contributed by atoms with Gasteiger partial charge < -0.3 is 15.5 Å². The third kappa shape index (κ3) is 4.65. The van der Waals surface area contributed by atoms with Crippen molar-refractivity contribution < 1.29 is 15.0 Å². The van der Waals surface area contributed by atoms with E-state index >= 15 is 0 Å². The predicted molar refractivity (Wildman–Crippen MR) is 91.9 cm³/mol. The van der Waals surface area contributed by atoms with Gasteiger partial charge in [0.25, 0.3) is 0 Å². The van der Waals surface area contributed by atoms with E-state index < -0.39 is 6.10 Å². The van der Waals surface area contributed by atoms with Crippen molar-refractivity contribution >= 4 is 22.8 Å². The van der Waals surface area contributed by atoms with Gasteiger partial charge in [-0.25, -0.2) is 9.78 Å². The maximum absolute atomic E-state index is 11.9. The Morgan fingerprint density at radius 3 is 2.92 bits per heavy atom. The Labute approximate surface area is 140 Å². The lowest BCUT2D eigenvalue weighted by Gasteiger charge is -2.11. The van der Waals surface area contributed by atoms with Crippen LogP contribution in [0.25, 0.3) is 10.9 Å². The number of fused-ring (bicyclic) bond motifs is 1. The molecule has 0 saturated heterocycles. The molecule has 0 aromatic carbocycles. The first kappa shape index (κ1) is 18.2. The number of nitrogens with zero attached hydrogens (tertiary/aromatic N) is 3. The lowest BCUT2D eigenvalue weighted by molar-refractivity contribution is 0.184. The number of carbonyl (C=O) groups is 1. The molecule has 2 amide bonds. The molecule has 2 aromatic heterocycles. The molecule has 2 rings (SSSR count). The van der Waals surface area contributed by atoms with Crippen molar-refractivity contribution in [1.82, 2.24) is 20.1 Å². The number of nitrogens with one attached hydrogen (secondary N) is 2. The minimum atomic E-state index is -0.454. The average Bonchev–Trinajstić information content (AvgIpc) is 2.95. The molecule has 8 heteroatoms. The minimum Gasteiger partial charge on any atom is -0.396 e. The summed E-state index contributed by atoms with van der Waals surface area (Å²) in [5, 5.41) is 28.9. The van der Waals surface area contributed by atoms with Gasteiger partial charge in [-0.3, -0.25) is 10.00 Å². The van der Waals surface area contributed by atoms with Crippen molar-refractivity contribution in [2.45, 2.75) is 45.8 Å². The summed E-state index contributed by atoms with van der Waals surface area (Å²) in [5.41, 5.74) is 1.74. The molecule has 24 heavy (non-hydrogen) atoms. The maximum Gasteiger partial charge on any atom is 0.320 e. The van der Waals surface area contributed by atoms with Crippen LogP contribution >= 0.6 is 0 Å². The number of aromatic nitrogens is 3. The van der Waals surface area contributed by atoms with Crippen molar-refractivity contribution in [3.63, 3.8) is 0 Å². The van der Waals surface area contributed by atoms with Crippen LogP contribution in [0.3, 0.4) is 0 Å². The summed E-state index contributed by atoms with van der Waals surface area (Å²) in [6.45, 7) is 4.87. The quantitative estimate of drug-likeness (QED) is 0.580. The molecule has 0 aliphatic heterocycles. The smallest absolute Gasteiger partial charge is 0.320 e. The molecule has 0 spiro atoms. The largest absolute Gasteiger partial charge is 0.396 e. The first-order valence-corrected chi connectivity index (χ1v) is 8.24. The molecule has 4 N–H and O–H groups in total. The molecule has 0 aliphatic carbocycles. The fraction of sp³-hybridized carbons (Fsp3) is 0.562. The van der Waals surface area contributed by atoms with Crippen LogP contribution in [0.2, 0.25) is 0 Å². The van der Waals surface area contributed by atoms with Crippen molar-refractivity contribution in [2.24, 2.45) is 0 Å². The van der Waals surface area contributed by atoms with Gasteiger partial charge in [-0.1, -0.05) is 0 Å². The van der Waals surface area contributed by atoms with E-state index in [0.717, 1.165) is 23.1 Å². The number of aliphatic hydroxyl groups is 2. The van der Waals surface area contributed by atoms with Crippen LogP contribution in [0.5, 0.6) is 0 Å². The van der Waals surface area contributed by atoms with Crippen LogP contribution in [0, 0.1) is 0 Å². The Balaban J connectivity index is 2.17. The second kappa shape index (κ2) is 8.60. The third-order valence-electron chi connectivity index (χ3n) is 3.65. The molecule has 132 valence electrons. The molecule has 1 atom stereocenters. The van der Waals surface area contributed by atoms with E-state index in [1.165, 1.54) is 0 Å². The van der Waals surface area contributed by atoms with Gasteiger partial charge in [0.2, 0.25) is 0 Å². The summed E-state index contributed by atoms with van der Waals surface area (Å²) < 4.78 is 1.86. The number of anilines is 1. The van der Waals surface area contributed by atoms with E-state index in [4.69, 9.17) is 5.11 Å².